The number of alkyl halides is 3. The summed E-state index contributed by atoms with van der Waals surface area (Å²) in [6, 6.07) is 11.0. The third-order valence-electron chi connectivity index (χ3n) is 3.00. The van der Waals surface area contributed by atoms with Crippen LogP contribution in [0.3, 0.4) is 0 Å². The zero-order valence-corrected chi connectivity index (χ0v) is 12.6. The molecule has 0 fully saturated rings. The van der Waals surface area contributed by atoms with Crippen molar-refractivity contribution < 1.29 is 22.7 Å². The smallest absolute Gasteiger partial charge is 0.421 e. The van der Waals surface area contributed by atoms with E-state index in [2.05, 4.69) is 15.6 Å². The number of nitrogens with one attached hydrogen (secondary N) is 2. The van der Waals surface area contributed by atoms with E-state index in [4.69, 9.17) is 4.74 Å². The van der Waals surface area contributed by atoms with Crippen LogP contribution in [0.15, 0.2) is 48.7 Å². The highest BCUT2D eigenvalue weighted by molar-refractivity contribution is 5.73. The number of benzene rings is 1. The number of ether oxygens (including phenoxy) is 1. The van der Waals surface area contributed by atoms with Gasteiger partial charge in [-0.2, -0.15) is 13.2 Å². The summed E-state index contributed by atoms with van der Waals surface area (Å²) in [5, 5.41) is 5.13. The third kappa shape index (κ3) is 5.45. The molecule has 2 N–H and O–H groups in total. The van der Waals surface area contributed by atoms with Crippen LogP contribution in [0.1, 0.15) is 11.1 Å². The van der Waals surface area contributed by atoms with Gasteiger partial charge in [-0.3, -0.25) is 0 Å². The highest BCUT2D eigenvalue weighted by Crippen LogP contribution is 2.34. The number of rotatable bonds is 6. The van der Waals surface area contributed by atoms with Crippen LogP contribution < -0.4 is 15.4 Å². The summed E-state index contributed by atoms with van der Waals surface area (Å²) in [5.74, 6) is -0.503. The second-order valence-corrected chi connectivity index (χ2v) is 4.80. The number of carbonyl (C=O) groups excluding carboxylic acids is 1. The van der Waals surface area contributed by atoms with Crippen LogP contribution in [0, 0.1) is 0 Å². The number of pyridine rings is 1. The van der Waals surface area contributed by atoms with E-state index in [-0.39, 0.29) is 13.2 Å². The van der Waals surface area contributed by atoms with Crippen LogP contribution >= 0.6 is 0 Å². The molecule has 0 saturated heterocycles. The molecule has 0 aliphatic rings. The second-order valence-electron chi connectivity index (χ2n) is 4.80. The fourth-order valence-corrected chi connectivity index (χ4v) is 1.87. The Morgan fingerprint density at radius 3 is 2.54 bits per heavy atom. The maximum absolute atomic E-state index is 12.7. The molecular weight excluding hydrogens is 323 g/mol. The molecule has 0 aliphatic carbocycles. The first-order chi connectivity index (χ1) is 11.5. The number of nitrogens with zero attached hydrogens (tertiary/aromatic N) is 1. The SMILES string of the molecule is O=C(NCCOc1ncccc1C(F)(F)F)NCc1ccccc1. The van der Waals surface area contributed by atoms with Crippen molar-refractivity contribution >= 4 is 6.03 Å². The summed E-state index contributed by atoms with van der Waals surface area (Å²) in [4.78, 5) is 15.1. The lowest BCUT2D eigenvalue weighted by molar-refractivity contribution is -0.139. The molecule has 24 heavy (non-hydrogen) atoms. The van der Waals surface area contributed by atoms with E-state index in [1.54, 1.807) is 0 Å². The first-order valence-corrected chi connectivity index (χ1v) is 7.17. The zero-order chi connectivity index (χ0) is 17.4. The minimum absolute atomic E-state index is 0.0501. The number of hydrogen-bond acceptors (Lipinski definition) is 3. The van der Waals surface area contributed by atoms with E-state index in [0.717, 1.165) is 11.6 Å². The van der Waals surface area contributed by atoms with Crippen LogP contribution in [0.4, 0.5) is 18.0 Å². The topological polar surface area (TPSA) is 63.2 Å². The van der Waals surface area contributed by atoms with Crippen molar-refractivity contribution in [2.75, 3.05) is 13.2 Å². The van der Waals surface area contributed by atoms with Crippen LogP contribution in [-0.4, -0.2) is 24.2 Å². The van der Waals surface area contributed by atoms with Gasteiger partial charge in [-0.15, -0.1) is 0 Å². The summed E-state index contributed by atoms with van der Waals surface area (Å²) < 4.78 is 43.2. The standard InChI is InChI=1S/C16H16F3N3O2/c17-16(18,19)13-7-4-8-20-14(13)24-10-9-21-15(23)22-11-12-5-2-1-3-6-12/h1-8H,9-11H2,(H2,21,22,23). The number of aromatic nitrogens is 1. The molecule has 8 heteroatoms. The Bertz CT molecular complexity index is 663. The largest absolute Gasteiger partial charge is 0.475 e. The van der Waals surface area contributed by atoms with Gasteiger partial charge in [0.05, 0.1) is 6.54 Å². The normalized spacial score (nSPS) is 11.0. The average molecular weight is 339 g/mol. The van der Waals surface area contributed by atoms with E-state index in [1.807, 2.05) is 30.3 Å². The van der Waals surface area contributed by atoms with Gasteiger partial charge in [-0.1, -0.05) is 30.3 Å². The summed E-state index contributed by atoms with van der Waals surface area (Å²) in [5.41, 5.74) is -0.00858. The maximum Gasteiger partial charge on any atom is 0.421 e. The number of carbonyl (C=O) groups is 1. The molecule has 1 heterocycles. The Morgan fingerprint density at radius 1 is 1.08 bits per heavy atom. The van der Waals surface area contributed by atoms with Gasteiger partial charge in [0.1, 0.15) is 12.2 Å². The molecule has 128 valence electrons. The quantitative estimate of drug-likeness (QED) is 0.796. The molecule has 0 bridgehead atoms. The lowest BCUT2D eigenvalue weighted by Gasteiger charge is -2.13. The highest BCUT2D eigenvalue weighted by atomic mass is 19.4. The fraction of sp³-hybridized carbons (Fsp3) is 0.250. The summed E-state index contributed by atoms with van der Waals surface area (Å²) >= 11 is 0. The molecule has 2 amide bonds. The molecule has 0 saturated carbocycles. The zero-order valence-electron chi connectivity index (χ0n) is 12.6. The summed E-state index contributed by atoms with van der Waals surface area (Å²) in [6.07, 6.45) is -3.32. The maximum atomic E-state index is 12.7. The Labute approximate surface area is 136 Å². The Balaban J connectivity index is 1.72. The minimum Gasteiger partial charge on any atom is -0.475 e. The van der Waals surface area contributed by atoms with E-state index in [1.165, 1.54) is 12.3 Å². The predicted octanol–water partition coefficient (Wildman–Crippen LogP) is 2.98. The first-order valence-electron chi connectivity index (χ1n) is 7.17. The molecule has 0 unspecified atom stereocenters. The van der Waals surface area contributed by atoms with Crippen molar-refractivity contribution in [2.45, 2.75) is 12.7 Å². The second kappa shape index (κ2) is 8.19. The van der Waals surface area contributed by atoms with Crippen LogP contribution in [0.5, 0.6) is 5.88 Å². The fourth-order valence-electron chi connectivity index (χ4n) is 1.87. The van der Waals surface area contributed by atoms with Crippen molar-refractivity contribution in [2.24, 2.45) is 0 Å². The molecule has 0 radical (unpaired) electrons. The van der Waals surface area contributed by atoms with Crippen LogP contribution in [0.25, 0.3) is 0 Å². The molecule has 1 aromatic heterocycles. The van der Waals surface area contributed by atoms with Gasteiger partial charge in [0.15, 0.2) is 0 Å². The van der Waals surface area contributed by atoms with Crippen molar-refractivity contribution in [3.8, 4) is 5.88 Å². The average Bonchev–Trinajstić information content (AvgIpc) is 2.57. The van der Waals surface area contributed by atoms with E-state index < -0.39 is 23.7 Å². The van der Waals surface area contributed by atoms with Gasteiger partial charge >= 0.3 is 12.2 Å². The Hall–Kier alpha value is -2.77. The first kappa shape index (κ1) is 17.6. The number of hydrogen-bond donors (Lipinski definition) is 2. The summed E-state index contributed by atoms with van der Waals surface area (Å²) in [7, 11) is 0. The molecule has 1 aromatic carbocycles. The van der Waals surface area contributed by atoms with Gasteiger partial charge in [0.25, 0.3) is 0 Å². The van der Waals surface area contributed by atoms with Gasteiger partial charge in [0.2, 0.25) is 5.88 Å². The summed E-state index contributed by atoms with van der Waals surface area (Å²) in [6.45, 7) is 0.277. The van der Waals surface area contributed by atoms with E-state index in [9.17, 15) is 18.0 Å². The number of halogens is 3. The van der Waals surface area contributed by atoms with Gasteiger partial charge in [-0.25, -0.2) is 9.78 Å². The van der Waals surface area contributed by atoms with Crippen LogP contribution in [0.2, 0.25) is 0 Å². The third-order valence-corrected chi connectivity index (χ3v) is 3.00. The molecule has 5 nitrogen and oxygen atoms in total. The molecule has 0 spiro atoms. The van der Waals surface area contributed by atoms with Gasteiger partial charge in [-0.05, 0) is 17.7 Å². The lowest BCUT2D eigenvalue weighted by atomic mass is 10.2. The van der Waals surface area contributed by atoms with Crippen LogP contribution in [-0.2, 0) is 12.7 Å². The minimum atomic E-state index is -4.54. The molecule has 0 atom stereocenters. The van der Waals surface area contributed by atoms with Crippen molar-refractivity contribution in [1.82, 2.24) is 15.6 Å². The molecule has 0 aliphatic heterocycles. The lowest BCUT2D eigenvalue weighted by Crippen LogP contribution is -2.37. The highest BCUT2D eigenvalue weighted by Gasteiger charge is 2.34. The van der Waals surface area contributed by atoms with E-state index >= 15 is 0 Å². The van der Waals surface area contributed by atoms with Gasteiger partial charge in [0, 0.05) is 12.7 Å². The van der Waals surface area contributed by atoms with E-state index in [0.29, 0.717) is 6.54 Å². The van der Waals surface area contributed by atoms with Crippen molar-refractivity contribution in [3.05, 3.63) is 59.8 Å². The molecular formula is C16H16F3N3O2. The Morgan fingerprint density at radius 2 is 1.83 bits per heavy atom. The number of urea groups is 1. The molecule has 2 aromatic rings. The predicted molar refractivity (Wildman–Crippen MR) is 81.4 cm³/mol. The monoisotopic (exact) mass is 339 g/mol. The van der Waals surface area contributed by atoms with Gasteiger partial charge < -0.3 is 15.4 Å². The number of amides is 2. The Kier molecular flexibility index (Phi) is 6.00. The van der Waals surface area contributed by atoms with Crippen molar-refractivity contribution in [3.63, 3.8) is 0 Å². The van der Waals surface area contributed by atoms with Crippen molar-refractivity contribution in [1.29, 1.82) is 0 Å². The molecule has 2 rings (SSSR count).